The number of benzene rings is 2. The number of nitrogens with one attached hydrogen (secondary N) is 1. The van der Waals surface area contributed by atoms with Crippen LogP contribution in [0.1, 0.15) is 0 Å². The van der Waals surface area contributed by atoms with Crippen LogP contribution >= 0.6 is 0 Å². The Kier molecular flexibility index (Phi) is 3.34. The maximum atomic E-state index is 10.4. The van der Waals surface area contributed by atoms with Gasteiger partial charge in [0.25, 0.3) is 0 Å². The van der Waals surface area contributed by atoms with Gasteiger partial charge in [-0.1, -0.05) is 48.5 Å². The lowest BCUT2D eigenvalue weighted by atomic mass is 10.0. The first-order valence-corrected chi connectivity index (χ1v) is 5.24. The van der Waals surface area contributed by atoms with Crippen LogP contribution in [0.25, 0.3) is 11.1 Å². The highest BCUT2D eigenvalue weighted by Gasteiger charge is 2.02. The first-order chi connectivity index (χ1) is 7.92. The molecule has 0 atom stereocenters. The van der Waals surface area contributed by atoms with Crippen molar-refractivity contribution in [2.24, 2.45) is 0 Å². The van der Waals surface area contributed by atoms with Gasteiger partial charge in [0.1, 0.15) is 6.29 Å². The molecule has 80 valence electrons. The van der Waals surface area contributed by atoms with Crippen molar-refractivity contribution in [2.75, 3.05) is 11.9 Å². The van der Waals surface area contributed by atoms with Gasteiger partial charge in [-0.2, -0.15) is 0 Å². The van der Waals surface area contributed by atoms with Gasteiger partial charge in [-0.15, -0.1) is 0 Å². The lowest BCUT2D eigenvalue weighted by molar-refractivity contribution is -0.106. The lowest BCUT2D eigenvalue weighted by Gasteiger charge is -2.09. The van der Waals surface area contributed by atoms with Gasteiger partial charge in [0.05, 0.1) is 6.54 Å². The van der Waals surface area contributed by atoms with Gasteiger partial charge in [-0.25, -0.2) is 0 Å². The smallest absolute Gasteiger partial charge is 0.139 e. The first-order valence-electron chi connectivity index (χ1n) is 5.24. The van der Waals surface area contributed by atoms with Crippen molar-refractivity contribution in [2.45, 2.75) is 0 Å². The second kappa shape index (κ2) is 5.12. The third-order valence-electron chi connectivity index (χ3n) is 2.39. The Balaban J connectivity index is 2.36. The molecular weight excluding hydrogens is 198 g/mol. The number of hydrogen-bond acceptors (Lipinski definition) is 2. The molecule has 0 saturated heterocycles. The fraction of sp³-hybridized carbons (Fsp3) is 0.0714. The normalized spacial score (nSPS) is 9.75. The van der Waals surface area contributed by atoms with Crippen LogP contribution in [0.3, 0.4) is 0 Å². The molecule has 1 N–H and O–H groups in total. The molecular formula is C14H13NO. The van der Waals surface area contributed by atoms with Crippen molar-refractivity contribution in [3.05, 3.63) is 54.6 Å². The van der Waals surface area contributed by atoms with Gasteiger partial charge in [0.15, 0.2) is 0 Å². The highest BCUT2D eigenvalue weighted by molar-refractivity contribution is 5.79. The number of aldehydes is 1. The standard InChI is InChI=1S/C14H13NO/c16-11-10-15-14-9-5-4-8-13(14)12-6-2-1-3-7-12/h1-9,11,15H,10H2. The van der Waals surface area contributed by atoms with Gasteiger partial charge in [0.2, 0.25) is 0 Å². The maximum absolute atomic E-state index is 10.4. The van der Waals surface area contributed by atoms with E-state index < -0.39 is 0 Å². The van der Waals surface area contributed by atoms with Gasteiger partial charge in [0, 0.05) is 11.3 Å². The molecule has 0 unspecified atom stereocenters. The van der Waals surface area contributed by atoms with E-state index in [2.05, 4.69) is 17.4 Å². The summed E-state index contributed by atoms with van der Waals surface area (Å²) in [6.45, 7) is 0.337. The Bertz CT molecular complexity index is 465. The van der Waals surface area contributed by atoms with Crippen LogP contribution in [0.15, 0.2) is 54.6 Å². The van der Waals surface area contributed by atoms with Crippen LogP contribution in [0.5, 0.6) is 0 Å². The molecule has 0 aromatic heterocycles. The Morgan fingerprint density at radius 2 is 1.62 bits per heavy atom. The van der Waals surface area contributed by atoms with Crippen molar-refractivity contribution < 1.29 is 4.79 Å². The Morgan fingerprint density at radius 3 is 2.38 bits per heavy atom. The van der Waals surface area contributed by atoms with E-state index in [-0.39, 0.29) is 0 Å². The Morgan fingerprint density at radius 1 is 0.938 bits per heavy atom. The summed E-state index contributed by atoms with van der Waals surface area (Å²) in [6, 6.07) is 18.1. The maximum Gasteiger partial charge on any atom is 0.139 e. The molecule has 0 aliphatic heterocycles. The number of rotatable bonds is 4. The van der Waals surface area contributed by atoms with Gasteiger partial charge in [-0.05, 0) is 11.6 Å². The van der Waals surface area contributed by atoms with Crippen molar-refractivity contribution in [1.82, 2.24) is 0 Å². The average molecular weight is 211 g/mol. The van der Waals surface area contributed by atoms with E-state index in [1.54, 1.807) is 0 Å². The highest BCUT2D eigenvalue weighted by Crippen LogP contribution is 2.26. The van der Waals surface area contributed by atoms with Gasteiger partial charge < -0.3 is 10.1 Å². The summed E-state index contributed by atoms with van der Waals surface area (Å²) in [7, 11) is 0. The lowest BCUT2D eigenvalue weighted by Crippen LogP contribution is -2.03. The Labute approximate surface area is 94.9 Å². The summed E-state index contributed by atoms with van der Waals surface area (Å²) in [5.74, 6) is 0. The van der Waals surface area contributed by atoms with E-state index in [0.717, 1.165) is 23.1 Å². The second-order valence-electron chi connectivity index (χ2n) is 3.46. The zero-order valence-electron chi connectivity index (χ0n) is 8.89. The summed E-state index contributed by atoms with van der Waals surface area (Å²) >= 11 is 0. The topological polar surface area (TPSA) is 29.1 Å². The SMILES string of the molecule is O=CCNc1ccccc1-c1ccccc1. The fourth-order valence-electron chi connectivity index (χ4n) is 1.66. The third-order valence-corrected chi connectivity index (χ3v) is 2.39. The minimum absolute atomic E-state index is 0.337. The van der Waals surface area contributed by atoms with Crippen molar-refractivity contribution in [3.63, 3.8) is 0 Å². The van der Waals surface area contributed by atoms with Crippen molar-refractivity contribution in [1.29, 1.82) is 0 Å². The molecule has 0 aliphatic carbocycles. The molecule has 0 radical (unpaired) electrons. The molecule has 16 heavy (non-hydrogen) atoms. The van der Waals surface area contributed by atoms with Crippen LogP contribution in [-0.2, 0) is 4.79 Å². The molecule has 2 rings (SSSR count). The second-order valence-corrected chi connectivity index (χ2v) is 3.46. The number of carbonyl (C=O) groups excluding carboxylic acids is 1. The molecule has 0 fully saturated rings. The largest absolute Gasteiger partial charge is 0.378 e. The summed E-state index contributed by atoms with van der Waals surface area (Å²) in [5, 5.41) is 3.09. The van der Waals surface area contributed by atoms with Crippen LogP contribution < -0.4 is 5.32 Å². The van der Waals surface area contributed by atoms with E-state index in [9.17, 15) is 4.79 Å². The summed E-state index contributed by atoms with van der Waals surface area (Å²) < 4.78 is 0. The number of carbonyl (C=O) groups is 1. The zero-order valence-corrected chi connectivity index (χ0v) is 8.89. The number of anilines is 1. The van der Waals surface area contributed by atoms with Crippen LogP contribution in [0, 0.1) is 0 Å². The van der Waals surface area contributed by atoms with Crippen molar-refractivity contribution in [3.8, 4) is 11.1 Å². The quantitative estimate of drug-likeness (QED) is 0.788. The molecule has 0 spiro atoms. The molecule has 0 aliphatic rings. The van der Waals surface area contributed by atoms with Gasteiger partial charge >= 0.3 is 0 Å². The Hall–Kier alpha value is -2.09. The average Bonchev–Trinajstić information content (AvgIpc) is 2.38. The summed E-state index contributed by atoms with van der Waals surface area (Å²) in [5.41, 5.74) is 3.25. The minimum Gasteiger partial charge on any atom is -0.378 e. The van der Waals surface area contributed by atoms with E-state index in [4.69, 9.17) is 0 Å². The van der Waals surface area contributed by atoms with Crippen molar-refractivity contribution >= 4 is 12.0 Å². The molecule has 0 saturated carbocycles. The fourth-order valence-corrected chi connectivity index (χ4v) is 1.66. The molecule has 2 aromatic rings. The predicted octanol–water partition coefficient (Wildman–Crippen LogP) is 2.96. The van der Waals surface area contributed by atoms with Crippen LogP contribution in [-0.4, -0.2) is 12.8 Å². The summed E-state index contributed by atoms with van der Waals surface area (Å²) in [6.07, 6.45) is 0.863. The van der Waals surface area contributed by atoms with E-state index in [1.165, 1.54) is 0 Å². The van der Waals surface area contributed by atoms with E-state index in [0.29, 0.717) is 6.54 Å². The monoisotopic (exact) mass is 211 g/mol. The molecule has 2 heteroatoms. The molecule has 2 nitrogen and oxygen atoms in total. The number of para-hydroxylation sites is 1. The first kappa shape index (κ1) is 10.4. The van der Waals surface area contributed by atoms with Crippen LogP contribution in [0.2, 0.25) is 0 Å². The number of hydrogen-bond donors (Lipinski definition) is 1. The summed E-state index contributed by atoms with van der Waals surface area (Å²) in [4.78, 5) is 10.4. The molecule has 0 bridgehead atoms. The van der Waals surface area contributed by atoms with Gasteiger partial charge in [-0.3, -0.25) is 0 Å². The third kappa shape index (κ3) is 2.28. The highest BCUT2D eigenvalue weighted by atomic mass is 16.1. The van der Waals surface area contributed by atoms with E-state index in [1.807, 2.05) is 42.5 Å². The predicted molar refractivity (Wildman–Crippen MR) is 66.4 cm³/mol. The molecule has 0 amide bonds. The molecule has 0 heterocycles. The molecule has 2 aromatic carbocycles. The van der Waals surface area contributed by atoms with E-state index >= 15 is 0 Å². The zero-order chi connectivity index (χ0) is 11.2. The minimum atomic E-state index is 0.337. The van der Waals surface area contributed by atoms with Crippen LogP contribution in [0.4, 0.5) is 5.69 Å².